The van der Waals surface area contributed by atoms with E-state index in [1.165, 1.54) is 10.6 Å². The Kier molecular flexibility index (Phi) is 5.36. The Labute approximate surface area is 170 Å². The summed E-state index contributed by atoms with van der Waals surface area (Å²) in [6.07, 6.45) is 1.74. The number of nitrogens with one attached hydrogen (secondary N) is 1. The Bertz CT molecular complexity index is 960. The molecule has 2 aromatic carbocycles. The zero-order valence-electron chi connectivity index (χ0n) is 16.8. The fourth-order valence-electron chi connectivity index (χ4n) is 3.69. The van der Waals surface area contributed by atoms with Gasteiger partial charge in [-0.1, -0.05) is 35.9 Å². The summed E-state index contributed by atoms with van der Waals surface area (Å²) >= 11 is 0. The van der Waals surface area contributed by atoms with Gasteiger partial charge in [0.1, 0.15) is 5.70 Å². The zero-order chi connectivity index (χ0) is 20.4. The molecule has 0 aromatic heterocycles. The van der Waals surface area contributed by atoms with Gasteiger partial charge >= 0.3 is 6.03 Å². The van der Waals surface area contributed by atoms with Crippen molar-refractivity contribution in [3.8, 4) is 0 Å². The fraction of sp³-hybridized carbons (Fsp3) is 0.304. The SMILES string of the molecule is Cc1ccc(CN2C(=O)N/C(=C/c3ccc(N4CCOCC4)c(C)c3)C2=O)cc1. The number of carbonyl (C=O) groups excluding carboxylic acids is 2. The van der Waals surface area contributed by atoms with E-state index < -0.39 is 0 Å². The molecular formula is C23H25N3O3. The van der Waals surface area contributed by atoms with Gasteiger partial charge in [-0.2, -0.15) is 0 Å². The van der Waals surface area contributed by atoms with Crippen LogP contribution in [0.1, 0.15) is 22.3 Å². The normalized spacial score (nSPS) is 18.5. The second-order valence-corrected chi connectivity index (χ2v) is 7.51. The van der Waals surface area contributed by atoms with Crippen molar-refractivity contribution in [3.05, 3.63) is 70.4 Å². The minimum Gasteiger partial charge on any atom is -0.378 e. The van der Waals surface area contributed by atoms with Crippen molar-refractivity contribution in [1.82, 2.24) is 10.2 Å². The number of carbonyl (C=O) groups is 2. The van der Waals surface area contributed by atoms with Crippen molar-refractivity contribution in [3.63, 3.8) is 0 Å². The van der Waals surface area contributed by atoms with Crippen molar-refractivity contribution < 1.29 is 14.3 Å². The zero-order valence-corrected chi connectivity index (χ0v) is 16.8. The molecule has 4 rings (SSSR count). The number of urea groups is 1. The van der Waals surface area contributed by atoms with Crippen molar-refractivity contribution in [1.29, 1.82) is 0 Å². The highest BCUT2D eigenvalue weighted by molar-refractivity contribution is 6.13. The predicted molar refractivity (Wildman–Crippen MR) is 112 cm³/mol. The van der Waals surface area contributed by atoms with Crippen LogP contribution in [0.2, 0.25) is 0 Å². The lowest BCUT2D eigenvalue weighted by molar-refractivity contribution is -0.123. The molecule has 0 aliphatic carbocycles. The average Bonchev–Trinajstić information content (AvgIpc) is 2.98. The maximum atomic E-state index is 12.7. The van der Waals surface area contributed by atoms with Crippen molar-refractivity contribution in [2.75, 3.05) is 31.2 Å². The number of aryl methyl sites for hydroxylation is 2. The lowest BCUT2D eigenvalue weighted by Gasteiger charge is -2.30. The number of anilines is 1. The molecule has 2 aliphatic rings. The molecule has 2 fully saturated rings. The van der Waals surface area contributed by atoms with Crippen LogP contribution in [0.3, 0.4) is 0 Å². The molecule has 2 heterocycles. The molecule has 6 nitrogen and oxygen atoms in total. The van der Waals surface area contributed by atoms with E-state index >= 15 is 0 Å². The van der Waals surface area contributed by atoms with Gasteiger partial charge in [0, 0.05) is 18.8 Å². The topological polar surface area (TPSA) is 61.9 Å². The van der Waals surface area contributed by atoms with Crippen LogP contribution in [0.25, 0.3) is 6.08 Å². The van der Waals surface area contributed by atoms with E-state index in [0.29, 0.717) is 5.70 Å². The summed E-state index contributed by atoms with van der Waals surface area (Å²) < 4.78 is 5.42. The summed E-state index contributed by atoms with van der Waals surface area (Å²) in [7, 11) is 0. The highest BCUT2D eigenvalue weighted by Gasteiger charge is 2.33. The van der Waals surface area contributed by atoms with E-state index in [2.05, 4.69) is 23.2 Å². The quantitative estimate of drug-likeness (QED) is 0.642. The summed E-state index contributed by atoms with van der Waals surface area (Å²) in [4.78, 5) is 28.6. The molecule has 29 heavy (non-hydrogen) atoms. The Hall–Kier alpha value is -3.12. The van der Waals surface area contributed by atoms with Crippen LogP contribution in [0.4, 0.5) is 10.5 Å². The Morgan fingerprint density at radius 1 is 1.03 bits per heavy atom. The van der Waals surface area contributed by atoms with Crippen LogP contribution in [-0.4, -0.2) is 43.1 Å². The number of rotatable bonds is 4. The molecular weight excluding hydrogens is 366 g/mol. The minimum absolute atomic E-state index is 0.261. The first-order valence-electron chi connectivity index (χ1n) is 9.85. The molecule has 0 radical (unpaired) electrons. The van der Waals surface area contributed by atoms with Crippen molar-refractivity contribution in [2.45, 2.75) is 20.4 Å². The van der Waals surface area contributed by atoms with Crippen LogP contribution < -0.4 is 10.2 Å². The predicted octanol–water partition coefficient (Wildman–Crippen LogP) is 3.23. The fourth-order valence-corrected chi connectivity index (χ4v) is 3.69. The summed E-state index contributed by atoms with van der Waals surface area (Å²) in [6.45, 7) is 7.56. The first-order chi connectivity index (χ1) is 14.0. The summed E-state index contributed by atoms with van der Waals surface area (Å²) in [5.74, 6) is -0.300. The first-order valence-corrected chi connectivity index (χ1v) is 9.85. The molecule has 1 N–H and O–H groups in total. The molecule has 0 atom stereocenters. The van der Waals surface area contributed by atoms with E-state index in [4.69, 9.17) is 4.74 Å². The van der Waals surface area contributed by atoms with Gasteiger partial charge in [0.2, 0.25) is 0 Å². The molecule has 2 aliphatic heterocycles. The summed E-state index contributed by atoms with van der Waals surface area (Å²) in [6, 6.07) is 13.5. The molecule has 2 aromatic rings. The molecule has 0 saturated carbocycles. The number of nitrogens with zero attached hydrogens (tertiary/aromatic N) is 2. The number of hydrogen-bond donors (Lipinski definition) is 1. The smallest absolute Gasteiger partial charge is 0.329 e. The van der Waals surface area contributed by atoms with Crippen molar-refractivity contribution in [2.24, 2.45) is 0 Å². The third-order valence-corrected chi connectivity index (χ3v) is 5.31. The molecule has 3 amide bonds. The largest absolute Gasteiger partial charge is 0.378 e. The third kappa shape index (κ3) is 4.17. The standard InChI is InChI=1S/C23H25N3O3/c1-16-3-5-18(6-4-16)15-26-22(27)20(24-23(26)28)14-19-7-8-21(17(2)13-19)25-9-11-29-12-10-25/h3-8,13-14H,9-12,15H2,1-2H3,(H,24,28)/b20-14+. The number of benzene rings is 2. The number of morpholine rings is 1. The van der Waals surface area contributed by atoms with Crippen LogP contribution in [0, 0.1) is 13.8 Å². The van der Waals surface area contributed by atoms with Gasteiger partial charge in [-0.15, -0.1) is 0 Å². The lowest BCUT2D eigenvalue weighted by Crippen LogP contribution is -2.36. The van der Waals surface area contributed by atoms with Gasteiger partial charge < -0.3 is 15.0 Å². The molecule has 0 unspecified atom stereocenters. The second kappa shape index (κ2) is 8.09. The van der Waals surface area contributed by atoms with Gasteiger partial charge in [0.05, 0.1) is 19.8 Å². The van der Waals surface area contributed by atoms with Gasteiger partial charge in [-0.25, -0.2) is 4.79 Å². The minimum atomic E-state index is -0.386. The molecule has 0 bridgehead atoms. The molecule has 0 spiro atoms. The maximum Gasteiger partial charge on any atom is 0.329 e. The highest BCUT2D eigenvalue weighted by Crippen LogP contribution is 2.24. The summed E-state index contributed by atoms with van der Waals surface area (Å²) in [5, 5.41) is 2.70. The van der Waals surface area contributed by atoms with E-state index in [1.807, 2.05) is 43.3 Å². The molecule has 6 heteroatoms. The van der Waals surface area contributed by atoms with Crippen LogP contribution >= 0.6 is 0 Å². The van der Waals surface area contributed by atoms with E-state index in [1.54, 1.807) is 6.08 Å². The molecule has 150 valence electrons. The van der Waals surface area contributed by atoms with E-state index in [9.17, 15) is 9.59 Å². The van der Waals surface area contributed by atoms with Crippen LogP contribution in [-0.2, 0) is 16.1 Å². The van der Waals surface area contributed by atoms with Gasteiger partial charge in [-0.3, -0.25) is 9.69 Å². The average molecular weight is 391 g/mol. The number of ether oxygens (including phenoxy) is 1. The maximum absolute atomic E-state index is 12.7. The van der Waals surface area contributed by atoms with Gasteiger partial charge in [-0.05, 0) is 48.7 Å². The van der Waals surface area contributed by atoms with Crippen LogP contribution in [0.15, 0.2) is 48.2 Å². The monoisotopic (exact) mass is 391 g/mol. The summed E-state index contributed by atoms with van der Waals surface area (Å²) in [5.41, 5.74) is 5.57. The number of hydrogen-bond acceptors (Lipinski definition) is 4. The molecule has 2 saturated heterocycles. The third-order valence-electron chi connectivity index (χ3n) is 5.31. The first kappa shape index (κ1) is 19.2. The Balaban J connectivity index is 1.50. The number of amides is 3. The number of imide groups is 1. The van der Waals surface area contributed by atoms with Gasteiger partial charge in [0.25, 0.3) is 5.91 Å². The van der Waals surface area contributed by atoms with Gasteiger partial charge in [0.15, 0.2) is 0 Å². The van der Waals surface area contributed by atoms with E-state index in [0.717, 1.165) is 48.6 Å². The Morgan fingerprint density at radius 3 is 2.45 bits per heavy atom. The lowest BCUT2D eigenvalue weighted by atomic mass is 10.1. The van der Waals surface area contributed by atoms with Crippen molar-refractivity contribution >= 4 is 23.7 Å². The second-order valence-electron chi connectivity index (χ2n) is 7.51. The Morgan fingerprint density at radius 2 is 1.76 bits per heavy atom. The van der Waals surface area contributed by atoms with E-state index in [-0.39, 0.29) is 18.5 Å². The van der Waals surface area contributed by atoms with Crippen LogP contribution in [0.5, 0.6) is 0 Å². The highest BCUT2D eigenvalue weighted by atomic mass is 16.5.